The maximum Gasteiger partial charge on any atom is 0.0532 e. The standard InChI is InChI=1S/C14H14N4/c1-2-14-10-15-4-3-13(14)5-11(1)6-16-7-12-8-17-18-9-12/h1-5,8-10,16H,6-7H2,(H,17,18). The summed E-state index contributed by atoms with van der Waals surface area (Å²) in [6.45, 7) is 1.67. The normalized spacial score (nSPS) is 10.9. The monoisotopic (exact) mass is 238 g/mol. The maximum atomic E-state index is 4.11. The minimum atomic E-state index is 0.824. The molecule has 4 heteroatoms. The summed E-state index contributed by atoms with van der Waals surface area (Å²) in [5.41, 5.74) is 2.44. The van der Waals surface area contributed by atoms with Crippen molar-refractivity contribution in [1.82, 2.24) is 20.5 Å². The second kappa shape index (κ2) is 4.98. The molecule has 1 aromatic carbocycles. The number of fused-ring (bicyclic) bond motifs is 1. The van der Waals surface area contributed by atoms with Crippen molar-refractivity contribution in [2.24, 2.45) is 0 Å². The van der Waals surface area contributed by atoms with Crippen molar-refractivity contribution in [3.63, 3.8) is 0 Å². The van der Waals surface area contributed by atoms with Gasteiger partial charge in [-0.15, -0.1) is 0 Å². The van der Waals surface area contributed by atoms with Crippen LogP contribution in [0.25, 0.3) is 10.8 Å². The summed E-state index contributed by atoms with van der Waals surface area (Å²) >= 11 is 0. The molecule has 0 aliphatic carbocycles. The van der Waals surface area contributed by atoms with Crippen molar-refractivity contribution in [3.05, 3.63) is 60.2 Å². The van der Waals surface area contributed by atoms with Crippen molar-refractivity contribution in [3.8, 4) is 0 Å². The first kappa shape index (κ1) is 10.9. The minimum Gasteiger partial charge on any atom is -0.309 e. The molecule has 2 heterocycles. The fraction of sp³-hybridized carbons (Fsp3) is 0.143. The Labute approximate surface area is 105 Å². The van der Waals surface area contributed by atoms with E-state index in [0.717, 1.165) is 13.1 Å². The van der Waals surface area contributed by atoms with Crippen molar-refractivity contribution in [1.29, 1.82) is 0 Å². The highest BCUT2D eigenvalue weighted by Gasteiger charge is 1.97. The molecule has 0 atom stereocenters. The van der Waals surface area contributed by atoms with Crippen LogP contribution in [0.2, 0.25) is 0 Å². The number of nitrogens with zero attached hydrogens (tertiary/aromatic N) is 2. The lowest BCUT2D eigenvalue weighted by molar-refractivity contribution is 0.694. The van der Waals surface area contributed by atoms with Crippen LogP contribution in [0, 0.1) is 0 Å². The van der Waals surface area contributed by atoms with E-state index < -0.39 is 0 Å². The van der Waals surface area contributed by atoms with Crippen LogP contribution in [0.3, 0.4) is 0 Å². The van der Waals surface area contributed by atoms with E-state index in [1.165, 1.54) is 21.9 Å². The predicted molar refractivity (Wildman–Crippen MR) is 70.9 cm³/mol. The molecule has 0 fully saturated rings. The molecule has 0 bridgehead atoms. The molecule has 2 N–H and O–H groups in total. The first-order chi connectivity index (χ1) is 8.92. The molecule has 3 rings (SSSR count). The number of H-pyrrole nitrogens is 1. The topological polar surface area (TPSA) is 53.6 Å². The Morgan fingerprint density at radius 1 is 1.00 bits per heavy atom. The van der Waals surface area contributed by atoms with Gasteiger partial charge in [0.1, 0.15) is 0 Å². The Morgan fingerprint density at radius 3 is 2.83 bits per heavy atom. The van der Waals surface area contributed by atoms with Crippen LogP contribution in [0.15, 0.2) is 49.1 Å². The summed E-state index contributed by atoms with van der Waals surface area (Å²) < 4.78 is 0. The van der Waals surface area contributed by atoms with Crippen LogP contribution < -0.4 is 5.32 Å². The molecule has 2 aromatic heterocycles. The van der Waals surface area contributed by atoms with E-state index in [9.17, 15) is 0 Å². The second-order valence-electron chi connectivity index (χ2n) is 4.27. The van der Waals surface area contributed by atoms with Crippen LogP contribution >= 0.6 is 0 Å². The third kappa shape index (κ3) is 2.38. The molecule has 0 aliphatic heterocycles. The number of benzene rings is 1. The van der Waals surface area contributed by atoms with Crippen LogP contribution in [0.1, 0.15) is 11.1 Å². The molecule has 0 radical (unpaired) electrons. The Bertz CT molecular complexity index is 631. The Kier molecular flexibility index (Phi) is 3.02. The van der Waals surface area contributed by atoms with Crippen molar-refractivity contribution in [2.45, 2.75) is 13.1 Å². The van der Waals surface area contributed by atoms with Crippen molar-refractivity contribution >= 4 is 10.8 Å². The Balaban J connectivity index is 1.67. The third-order valence-electron chi connectivity index (χ3n) is 2.92. The largest absolute Gasteiger partial charge is 0.309 e. The third-order valence-corrected chi connectivity index (χ3v) is 2.92. The van der Waals surface area contributed by atoms with Gasteiger partial charge in [0, 0.05) is 42.6 Å². The van der Waals surface area contributed by atoms with Crippen LogP contribution in [0.5, 0.6) is 0 Å². The lowest BCUT2D eigenvalue weighted by Crippen LogP contribution is -2.12. The van der Waals surface area contributed by atoms with Crippen molar-refractivity contribution in [2.75, 3.05) is 0 Å². The zero-order valence-corrected chi connectivity index (χ0v) is 9.93. The van der Waals surface area contributed by atoms with E-state index in [1.54, 1.807) is 0 Å². The molecule has 0 aliphatic rings. The van der Waals surface area contributed by atoms with E-state index >= 15 is 0 Å². The SMILES string of the molecule is c1cc2cc(CNCc3cn[nH]c3)ccc2cn1. The van der Waals surface area contributed by atoms with Crippen molar-refractivity contribution < 1.29 is 0 Å². The van der Waals surface area contributed by atoms with Gasteiger partial charge in [0.2, 0.25) is 0 Å². The van der Waals surface area contributed by atoms with Gasteiger partial charge < -0.3 is 5.32 Å². The Hall–Kier alpha value is -2.20. The lowest BCUT2D eigenvalue weighted by atomic mass is 10.1. The summed E-state index contributed by atoms with van der Waals surface area (Å²) in [6, 6.07) is 8.47. The predicted octanol–water partition coefficient (Wildman–Crippen LogP) is 2.25. The van der Waals surface area contributed by atoms with E-state index in [-0.39, 0.29) is 0 Å². The molecule has 0 saturated heterocycles. The average Bonchev–Trinajstić information content (AvgIpc) is 2.92. The summed E-state index contributed by atoms with van der Waals surface area (Å²) in [5.74, 6) is 0. The zero-order chi connectivity index (χ0) is 12.2. The average molecular weight is 238 g/mol. The summed E-state index contributed by atoms with van der Waals surface area (Å²) in [7, 11) is 0. The maximum absolute atomic E-state index is 4.11. The number of aromatic nitrogens is 3. The van der Waals surface area contributed by atoms with Crippen LogP contribution in [0.4, 0.5) is 0 Å². The first-order valence-corrected chi connectivity index (χ1v) is 5.93. The highest BCUT2D eigenvalue weighted by molar-refractivity contribution is 5.81. The van der Waals surface area contributed by atoms with Gasteiger partial charge in [-0.05, 0) is 23.1 Å². The van der Waals surface area contributed by atoms with Gasteiger partial charge in [0.05, 0.1) is 6.20 Å². The molecule has 18 heavy (non-hydrogen) atoms. The highest BCUT2D eigenvalue weighted by atomic mass is 15.1. The number of hydrogen-bond donors (Lipinski definition) is 2. The van der Waals surface area contributed by atoms with Gasteiger partial charge in [-0.25, -0.2) is 0 Å². The molecular formula is C14H14N4. The smallest absolute Gasteiger partial charge is 0.0532 e. The molecule has 90 valence electrons. The van der Waals surface area contributed by atoms with Crippen LogP contribution in [-0.2, 0) is 13.1 Å². The van der Waals surface area contributed by atoms with Gasteiger partial charge in [-0.3, -0.25) is 10.1 Å². The second-order valence-corrected chi connectivity index (χ2v) is 4.27. The first-order valence-electron chi connectivity index (χ1n) is 5.93. The minimum absolute atomic E-state index is 0.824. The van der Waals surface area contributed by atoms with Gasteiger partial charge in [-0.2, -0.15) is 5.10 Å². The number of rotatable bonds is 4. The van der Waals surface area contributed by atoms with E-state index in [1.807, 2.05) is 30.9 Å². The summed E-state index contributed by atoms with van der Waals surface area (Å²) in [6.07, 6.45) is 7.45. The molecule has 0 unspecified atom stereocenters. The fourth-order valence-electron chi connectivity index (χ4n) is 1.97. The molecule has 4 nitrogen and oxygen atoms in total. The fourth-order valence-corrected chi connectivity index (χ4v) is 1.97. The quantitative estimate of drug-likeness (QED) is 0.733. The number of aromatic amines is 1. The number of nitrogens with one attached hydrogen (secondary N) is 2. The number of pyridine rings is 1. The van der Waals surface area contributed by atoms with E-state index in [4.69, 9.17) is 0 Å². The van der Waals surface area contributed by atoms with Gasteiger partial charge >= 0.3 is 0 Å². The number of hydrogen-bond acceptors (Lipinski definition) is 3. The molecular weight excluding hydrogens is 224 g/mol. The van der Waals surface area contributed by atoms with Gasteiger partial charge in [0.15, 0.2) is 0 Å². The summed E-state index contributed by atoms with van der Waals surface area (Å²) in [5, 5.41) is 12.5. The van der Waals surface area contributed by atoms with E-state index in [2.05, 4.69) is 38.7 Å². The van der Waals surface area contributed by atoms with E-state index in [0.29, 0.717) is 0 Å². The van der Waals surface area contributed by atoms with Gasteiger partial charge in [-0.1, -0.05) is 12.1 Å². The molecule has 3 aromatic rings. The molecule has 0 spiro atoms. The zero-order valence-electron chi connectivity index (χ0n) is 9.93. The Morgan fingerprint density at radius 2 is 1.94 bits per heavy atom. The molecule has 0 amide bonds. The van der Waals surface area contributed by atoms with Gasteiger partial charge in [0.25, 0.3) is 0 Å². The summed E-state index contributed by atoms with van der Waals surface area (Å²) in [4.78, 5) is 4.11. The lowest BCUT2D eigenvalue weighted by Gasteiger charge is -2.05. The highest BCUT2D eigenvalue weighted by Crippen LogP contribution is 2.14. The van der Waals surface area contributed by atoms with Crippen LogP contribution in [-0.4, -0.2) is 15.2 Å². The molecule has 0 saturated carbocycles.